The maximum Gasteiger partial charge on any atom is 0.321 e. The fraction of sp³-hybridized carbons (Fsp3) is 0.350. The Morgan fingerprint density at radius 3 is 2.23 bits per heavy atom. The molecule has 0 radical (unpaired) electrons. The molecule has 0 bridgehead atoms. The van der Waals surface area contributed by atoms with Gasteiger partial charge in [-0.1, -0.05) is 63.2 Å². The average molecular weight is 375 g/mol. The molecule has 140 valence electrons. The lowest BCUT2D eigenvalue weighted by Crippen LogP contribution is -2.30. The molecule has 2 aromatic carbocycles. The van der Waals surface area contributed by atoms with Crippen molar-refractivity contribution in [2.45, 2.75) is 44.1 Å². The van der Waals surface area contributed by atoms with Crippen LogP contribution in [-0.4, -0.2) is 20.9 Å². The molecule has 0 fully saturated rings. The summed E-state index contributed by atoms with van der Waals surface area (Å²) >= 11 is 0. The summed E-state index contributed by atoms with van der Waals surface area (Å²) in [5.74, 6) is -0.624. The van der Waals surface area contributed by atoms with Crippen LogP contribution in [0.25, 0.3) is 0 Å². The maximum atomic E-state index is 12.3. The third kappa shape index (κ3) is 5.41. The van der Waals surface area contributed by atoms with E-state index in [0.29, 0.717) is 0 Å². The highest BCUT2D eigenvalue weighted by Crippen LogP contribution is 2.27. The molecule has 0 aliphatic carbocycles. The van der Waals surface area contributed by atoms with E-state index in [9.17, 15) is 13.2 Å². The van der Waals surface area contributed by atoms with Gasteiger partial charge in [0.2, 0.25) is 10.0 Å². The van der Waals surface area contributed by atoms with Crippen LogP contribution in [0.5, 0.6) is 0 Å². The summed E-state index contributed by atoms with van der Waals surface area (Å²) < 4.78 is 32.0. The second-order valence-electron chi connectivity index (χ2n) is 6.73. The molecule has 0 spiro atoms. The van der Waals surface area contributed by atoms with Crippen molar-refractivity contribution in [2.75, 3.05) is 6.54 Å². The monoisotopic (exact) mass is 375 g/mol. The summed E-state index contributed by atoms with van der Waals surface area (Å²) in [6.45, 7) is 6.02. The minimum Gasteiger partial charge on any atom is -0.460 e. The van der Waals surface area contributed by atoms with Gasteiger partial charge in [-0.25, -0.2) is 8.42 Å². The zero-order chi connectivity index (χ0) is 19.2. The summed E-state index contributed by atoms with van der Waals surface area (Å²) in [7, 11) is -3.76. The van der Waals surface area contributed by atoms with Crippen LogP contribution in [0.1, 0.15) is 38.3 Å². The van der Waals surface area contributed by atoms with Gasteiger partial charge < -0.3 is 4.74 Å². The van der Waals surface area contributed by atoms with Crippen LogP contribution in [0.4, 0.5) is 0 Å². The Bertz CT molecular complexity index is 828. The highest BCUT2D eigenvalue weighted by molar-refractivity contribution is 7.89. The fourth-order valence-electron chi connectivity index (χ4n) is 2.32. The number of carbonyl (C=O) groups excluding carboxylic acids is 1. The lowest BCUT2D eigenvalue weighted by atomic mass is 9.82. The Labute approximate surface area is 155 Å². The first-order valence-corrected chi connectivity index (χ1v) is 10.0. The van der Waals surface area contributed by atoms with Crippen molar-refractivity contribution < 1.29 is 17.9 Å². The van der Waals surface area contributed by atoms with Gasteiger partial charge in [0, 0.05) is 0 Å². The number of ether oxygens (including phenoxy) is 1. The number of esters is 1. The van der Waals surface area contributed by atoms with E-state index in [1.54, 1.807) is 12.1 Å². The largest absolute Gasteiger partial charge is 0.460 e. The number of rotatable bonds is 8. The minimum absolute atomic E-state index is 0.0169. The minimum atomic E-state index is -3.76. The molecule has 0 unspecified atom stereocenters. The van der Waals surface area contributed by atoms with E-state index in [0.717, 1.165) is 17.5 Å². The van der Waals surface area contributed by atoms with Gasteiger partial charge in [0.1, 0.15) is 13.2 Å². The van der Waals surface area contributed by atoms with Crippen LogP contribution in [0, 0.1) is 0 Å². The van der Waals surface area contributed by atoms with Gasteiger partial charge in [0.25, 0.3) is 0 Å². The highest BCUT2D eigenvalue weighted by Gasteiger charge is 2.20. The molecule has 0 atom stereocenters. The van der Waals surface area contributed by atoms with Crippen molar-refractivity contribution in [3.05, 3.63) is 65.7 Å². The number of carbonyl (C=O) groups is 1. The summed E-state index contributed by atoms with van der Waals surface area (Å²) in [6, 6.07) is 16.0. The van der Waals surface area contributed by atoms with Crippen LogP contribution >= 0.6 is 0 Å². The van der Waals surface area contributed by atoms with Gasteiger partial charge in [0.15, 0.2) is 0 Å². The standard InChI is InChI=1S/C20H25NO4S/c1-4-20(2,3)17-10-12-18(13-11-17)26(23,24)21-14-19(22)25-15-16-8-6-5-7-9-16/h5-13,21H,4,14-15H2,1-3H3. The van der Waals surface area contributed by atoms with E-state index in [2.05, 4.69) is 25.5 Å². The van der Waals surface area contributed by atoms with E-state index in [1.165, 1.54) is 0 Å². The molecule has 0 aliphatic heterocycles. The first-order chi connectivity index (χ1) is 12.2. The quantitative estimate of drug-likeness (QED) is 0.718. The Morgan fingerprint density at radius 1 is 1.04 bits per heavy atom. The summed E-state index contributed by atoms with van der Waals surface area (Å²) in [5, 5.41) is 0. The molecule has 0 aliphatic rings. The van der Waals surface area contributed by atoms with Gasteiger partial charge in [-0.05, 0) is 35.1 Å². The van der Waals surface area contributed by atoms with Crippen LogP contribution in [0.3, 0.4) is 0 Å². The van der Waals surface area contributed by atoms with Crippen molar-refractivity contribution in [1.29, 1.82) is 0 Å². The van der Waals surface area contributed by atoms with Crippen LogP contribution < -0.4 is 4.72 Å². The average Bonchev–Trinajstić information content (AvgIpc) is 2.65. The van der Waals surface area contributed by atoms with E-state index in [-0.39, 0.29) is 16.9 Å². The zero-order valence-electron chi connectivity index (χ0n) is 15.4. The number of hydrogen-bond donors (Lipinski definition) is 1. The molecule has 2 aromatic rings. The Balaban J connectivity index is 1.92. The molecule has 2 rings (SSSR count). The van der Waals surface area contributed by atoms with Gasteiger partial charge >= 0.3 is 5.97 Å². The molecule has 1 N–H and O–H groups in total. The van der Waals surface area contributed by atoms with Crippen LogP contribution in [0.15, 0.2) is 59.5 Å². The molecule has 5 nitrogen and oxygen atoms in total. The van der Waals surface area contributed by atoms with E-state index in [4.69, 9.17) is 4.74 Å². The lowest BCUT2D eigenvalue weighted by Gasteiger charge is -2.23. The van der Waals surface area contributed by atoms with Gasteiger partial charge in [-0.3, -0.25) is 4.79 Å². The molecular formula is C20H25NO4S. The second-order valence-corrected chi connectivity index (χ2v) is 8.50. The second kappa shape index (κ2) is 8.47. The smallest absolute Gasteiger partial charge is 0.321 e. The molecule has 6 heteroatoms. The zero-order valence-corrected chi connectivity index (χ0v) is 16.2. The summed E-state index contributed by atoms with van der Waals surface area (Å²) in [5.41, 5.74) is 1.90. The van der Waals surface area contributed by atoms with Crippen molar-refractivity contribution in [1.82, 2.24) is 4.72 Å². The predicted octanol–water partition coefficient (Wildman–Crippen LogP) is 3.40. The molecule has 0 amide bonds. The van der Waals surface area contributed by atoms with Crippen LogP contribution in [0.2, 0.25) is 0 Å². The lowest BCUT2D eigenvalue weighted by molar-refractivity contribution is -0.143. The molecule has 0 saturated carbocycles. The Morgan fingerprint density at radius 2 is 1.65 bits per heavy atom. The van der Waals surface area contributed by atoms with Crippen molar-refractivity contribution >= 4 is 16.0 Å². The third-order valence-electron chi connectivity index (χ3n) is 4.48. The first-order valence-electron chi connectivity index (χ1n) is 8.54. The normalized spacial score (nSPS) is 12.0. The Kier molecular flexibility index (Phi) is 6.56. The van der Waals surface area contributed by atoms with E-state index < -0.39 is 22.5 Å². The van der Waals surface area contributed by atoms with Gasteiger partial charge in [0.05, 0.1) is 4.90 Å². The molecule has 0 heterocycles. The van der Waals surface area contributed by atoms with Gasteiger partial charge in [-0.2, -0.15) is 4.72 Å². The summed E-state index contributed by atoms with van der Waals surface area (Å²) in [4.78, 5) is 11.9. The first kappa shape index (κ1) is 20.1. The maximum absolute atomic E-state index is 12.3. The highest BCUT2D eigenvalue weighted by atomic mass is 32.2. The number of nitrogens with one attached hydrogen (secondary N) is 1. The SMILES string of the molecule is CCC(C)(C)c1ccc(S(=O)(=O)NCC(=O)OCc2ccccc2)cc1. The molecular weight excluding hydrogens is 350 g/mol. The van der Waals surface area contributed by atoms with E-state index >= 15 is 0 Å². The van der Waals surface area contributed by atoms with Crippen molar-refractivity contribution in [2.24, 2.45) is 0 Å². The molecule has 0 aromatic heterocycles. The topological polar surface area (TPSA) is 72.5 Å². The van der Waals surface area contributed by atoms with Gasteiger partial charge in [-0.15, -0.1) is 0 Å². The van der Waals surface area contributed by atoms with Crippen molar-refractivity contribution in [3.63, 3.8) is 0 Å². The van der Waals surface area contributed by atoms with Crippen LogP contribution in [-0.2, 0) is 31.6 Å². The predicted molar refractivity (Wildman–Crippen MR) is 101 cm³/mol. The summed E-state index contributed by atoms with van der Waals surface area (Å²) in [6.07, 6.45) is 0.949. The fourth-order valence-corrected chi connectivity index (χ4v) is 3.28. The number of hydrogen-bond acceptors (Lipinski definition) is 4. The number of benzene rings is 2. The Hall–Kier alpha value is -2.18. The molecule has 0 saturated heterocycles. The number of sulfonamides is 1. The van der Waals surface area contributed by atoms with E-state index in [1.807, 2.05) is 42.5 Å². The van der Waals surface area contributed by atoms with Crippen molar-refractivity contribution in [3.8, 4) is 0 Å². The third-order valence-corrected chi connectivity index (χ3v) is 5.90. The molecule has 26 heavy (non-hydrogen) atoms.